The first-order valence-electron chi connectivity index (χ1n) is 14.7. The fraction of sp³-hybridized carbons (Fsp3) is 0.429. The van der Waals surface area contributed by atoms with Crippen LogP contribution in [0.1, 0.15) is 62.8 Å². The van der Waals surface area contributed by atoms with Gasteiger partial charge in [0.2, 0.25) is 0 Å². The molecule has 4 rings (SSSR count). The monoisotopic (exact) mass is 590 g/mol. The van der Waals surface area contributed by atoms with Gasteiger partial charge in [0.25, 0.3) is 5.79 Å². The third-order valence-electron chi connectivity index (χ3n) is 7.74. The molecule has 0 saturated carbocycles. The fourth-order valence-electron chi connectivity index (χ4n) is 5.20. The Kier molecular flexibility index (Phi) is 10.8. The maximum absolute atomic E-state index is 14.0. The second-order valence-electron chi connectivity index (χ2n) is 11.7. The van der Waals surface area contributed by atoms with Crippen molar-refractivity contribution in [2.24, 2.45) is 11.3 Å². The Hall–Kier alpha value is -3.88. The molecule has 8 heteroatoms. The summed E-state index contributed by atoms with van der Waals surface area (Å²) in [5.41, 5.74) is 2.38. The number of carbonyl (C=O) groups is 2. The van der Waals surface area contributed by atoms with Crippen LogP contribution in [0.15, 0.2) is 78.9 Å². The van der Waals surface area contributed by atoms with Crippen LogP contribution in [0.25, 0.3) is 0 Å². The van der Waals surface area contributed by atoms with Gasteiger partial charge < -0.3 is 28.8 Å². The van der Waals surface area contributed by atoms with Crippen LogP contribution in [0.3, 0.4) is 0 Å². The zero-order valence-corrected chi connectivity index (χ0v) is 25.4. The van der Waals surface area contributed by atoms with Gasteiger partial charge in [-0.15, -0.1) is 0 Å². The summed E-state index contributed by atoms with van der Waals surface area (Å²) in [6, 6.07) is 25.0. The average molecular weight is 591 g/mol. The number of ether oxygens (including phenoxy) is 5. The van der Waals surface area contributed by atoms with E-state index in [1.165, 1.54) is 0 Å². The Morgan fingerprint density at radius 1 is 0.930 bits per heavy atom. The van der Waals surface area contributed by atoms with E-state index in [2.05, 4.69) is 13.8 Å². The molecular formula is C35H42O8. The predicted molar refractivity (Wildman–Crippen MR) is 162 cm³/mol. The summed E-state index contributed by atoms with van der Waals surface area (Å²) in [7, 11) is 1.63. The molecule has 0 aliphatic carbocycles. The number of carboxylic acid groups (broad SMARTS) is 1. The van der Waals surface area contributed by atoms with Crippen LogP contribution in [-0.2, 0) is 36.8 Å². The summed E-state index contributed by atoms with van der Waals surface area (Å²) in [6.07, 6.45) is 1.48. The molecular weight excluding hydrogens is 548 g/mol. The molecule has 3 aromatic rings. The van der Waals surface area contributed by atoms with Crippen molar-refractivity contribution < 1.29 is 38.4 Å². The minimum Gasteiger partial charge on any atom is -0.497 e. The van der Waals surface area contributed by atoms with Crippen molar-refractivity contribution in [1.82, 2.24) is 0 Å². The van der Waals surface area contributed by atoms with E-state index >= 15 is 0 Å². The van der Waals surface area contributed by atoms with Gasteiger partial charge in [-0.25, -0.2) is 4.79 Å². The average Bonchev–Trinajstić information content (AvgIpc) is 3.01. The maximum Gasteiger partial charge on any atom is 0.367 e. The molecule has 0 aromatic heterocycles. The Labute approximate surface area is 253 Å². The molecule has 1 N–H and O–H groups in total. The molecule has 1 saturated heterocycles. The van der Waals surface area contributed by atoms with Gasteiger partial charge in [-0.3, -0.25) is 4.79 Å². The lowest BCUT2D eigenvalue weighted by molar-refractivity contribution is -0.341. The Morgan fingerprint density at radius 2 is 1.60 bits per heavy atom. The third-order valence-corrected chi connectivity index (χ3v) is 7.74. The van der Waals surface area contributed by atoms with Gasteiger partial charge >= 0.3 is 11.9 Å². The van der Waals surface area contributed by atoms with E-state index in [0.29, 0.717) is 38.2 Å². The Balaban J connectivity index is 1.49. The largest absolute Gasteiger partial charge is 0.497 e. The molecule has 0 amide bonds. The van der Waals surface area contributed by atoms with Crippen molar-refractivity contribution in [3.05, 3.63) is 95.6 Å². The summed E-state index contributed by atoms with van der Waals surface area (Å²) in [5, 5.41) is 8.76. The van der Waals surface area contributed by atoms with Crippen LogP contribution < -0.4 is 9.47 Å². The topological polar surface area (TPSA) is 101 Å². The number of benzene rings is 3. The SMILES string of the molecule is COc1ccc([C@@H]2OC(C(=O)OCc3ccc(OCCCCC(=O)O)cc3)([C@@H](C)Cc3ccccc3)OCC2(C)C)cc1. The number of rotatable bonds is 14. The number of esters is 1. The van der Waals surface area contributed by atoms with Crippen LogP contribution in [0.5, 0.6) is 11.5 Å². The molecule has 0 radical (unpaired) electrons. The number of carbonyl (C=O) groups excluding carboxylic acids is 1. The van der Waals surface area contributed by atoms with E-state index in [9.17, 15) is 9.59 Å². The molecule has 1 unspecified atom stereocenters. The fourth-order valence-corrected chi connectivity index (χ4v) is 5.20. The summed E-state index contributed by atoms with van der Waals surface area (Å²) < 4.78 is 30.1. The summed E-state index contributed by atoms with van der Waals surface area (Å²) >= 11 is 0. The van der Waals surface area contributed by atoms with E-state index < -0.39 is 29.2 Å². The molecule has 1 aliphatic heterocycles. The van der Waals surface area contributed by atoms with E-state index in [1.807, 2.05) is 85.8 Å². The Bertz CT molecular complexity index is 1320. The number of unbranched alkanes of at least 4 members (excludes halogenated alkanes) is 1. The lowest BCUT2D eigenvalue weighted by atomic mass is 9.80. The molecule has 0 spiro atoms. The molecule has 1 fully saturated rings. The van der Waals surface area contributed by atoms with E-state index in [4.69, 9.17) is 28.8 Å². The lowest BCUT2D eigenvalue weighted by Gasteiger charge is -2.49. The molecule has 43 heavy (non-hydrogen) atoms. The predicted octanol–water partition coefficient (Wildman–Crippen LogP) is 6.76. The summed E-state index contributed by atoms with van der Waals surface area (Å²) in [6.45, 7) is 6.87. The van der Waals surface area contributed by atoms with Crippen molar-refractivity contribution >= 4 is 11.9 Å². The second kappa shape index (κ2) is 14.5. The van der Waals surface area contributed by atoms with Crippen LogP contribution in [0.4, 0.5) is 0 Å². The molecule has 1 heterocycles. The zero-order chi connectivity index (χ0) is 30.9. The first-order valence-corrected chi connectivity index (χ1v) is 14.7. The Morgan fingerprint density at radius 3 is 2.26 bits per heavy atom. The highest BCUT2D eigenvalue weighted by molar-refractivity contribution is 5.78. The number of methoxy groups -OCH3 is 1. The van der Waals surface area contributed by atoms with Crippen molar-refractivity contribution in [1.29, 1.82) is 0 Å². The number of aliphatic carboxylic acids is 1. The normalized spacial score (nSPS) is 20.1. The third kappa shape index (κ3) is 8.36. The highest BCUT2D eigenvalue weighted by Crippen LogP contribution is 2.48. The van der Waals surface area contributed by atoms with Crippen molar-refractivity contribution in [3.63, 3.8) is 0 Å². The molecule has 3 aromatic carbocycles. The minimum absolute atomic E-state index is 0.0425. The van der Waals surface area contributed by atoms with E-state index in [0.717, 1.165) is 22.4 Å². The van der Waals surface area contributed by atoms with Crippen LogP contribution in [-0.4, -0.2) is 43.2 Å². The first-order chi connectivity index (χ1) is 20.6. The van der Waals surface area contributed by atoms with Gasteiger partial charge in [-0.05, 0) is 60.2 Å². The highest BCUT2D eigenvalue weighted by Gasteiger charge is 2.56. The van der Waals surface area contributed by atoms with Crippen molar-refractivity contribution in [2.45, 2.75) is 65.0 Å². The van der Waals surface area contributed by atoms with Crippen LogP contribution in [0, 0.1) is 11.3 Å². The zero-order valence-electron chi connectivity index (χ0n) is 25.4. The van der Waals surface area contributed by atoms with Crippen LogP contribution >= 0.6 is 0 Å². The van der Waals surface area contributed by atoms with Gasteiger partial charge in [-0.1, -0.05) is 75.4 Å². The first kappa shape index (κ1) is 32.0. The maximum atomic E-state index is 14.0. The standard InChI is InChI=1S/C35H42O8/c1-25(22-26-10-6-5-7-11-26)35(42-24-34(2,3)32(43-35)28-15-19-29(39-4)20-16-28)33(38)41-23-27-13-17-30(18-14-27)40-21-9-8-12-31(36)37/h5-7,10-11,13-20,25,32H,8-9,12,21-24H2,1-4H3,(H,36,37)/t25-,32-,35?/m0/s1. The minimum atomic E-state index is -1.62. The number of hydrogen-bond donors (Lipinski definition) is 1. The molecule has 8 nitrogen and oxygen atoms in total. The second-order valence-corrected chi connectivity index (χ2v) is 11.7. The van der Waals surface area contributed by atoms with Gasteiger partial charge in [0.15, 0.2) is 0 Å². The van der Waals surface area contributed by atoms with Crippen LogP contribution in [0.2, 0.25) is 0 Å². The van der Waals surface area contributed by atoms with Gasteiger partial charge in [0, 0.05) is 17.8 Å². The number of hydrogen-bond acceptors (Lipinski definition) is 7. The van der Waals surface area contributed by atoms with Gasteiger partial charge in [-0.2, -0.15) is 0 Å². The number of carboxylic acids is 1. The van der Waals surface area contributed by atoms with Gasteiger partial charge in [0.05, 0.1) is 26.4 Å². The molecule has 230 valence electrons. The molecule has 3 atom stereocenters. The molecule has 0 bridgehead atoms. The van der Waals surface area contributed by atoms with Crippen molar-refractivity contribution in [3.8, 4) is 11.5 Å². The lowest BCUT2D eigenvalue weighted by Crippen LogP contribution is -2.58. The van der Waals surface area contributed by atoms with Gasteiger partial charge in [0.1, 0.15) is 18.1 Å². The van der Waals surface area contributed by atoms with Crippen molar-refractivity contribution in [2.75, 3.05) is 20.3 Å². The van der Waals surface area contributed by atoms with E-state index in [1.54, 1.807) is 7.11 Å². The summed E-state index contributed by atoms with van der Waals surface area (Å²) in [4.78, 5) is 24.6. The summed E-state index contributed by atoms with van der Waals surface area (Å²) in [5.74, 6) is -1.93. The quantitative estimate of drug-likeness (QED) is 0.162. The highest BCUT2D eigenvalue weighted by atomic mass is 16.7. The smallest absolute Gasteiger partial charge is 0.367 e. The molecule has 1 aliphatic rings. The van der Waals surface area contributed by atoms with E-state index in [-0.39, 0.29) is 18.9 Å².